The van der Waals surface area contributed by atoms with Gasteiger partial charge in [0.2, 0.25) is 0 Å². The molecule has 0 aromatic rings. The van der Waals surface area contributed by atoms with E-state index in [1.807, 2.05) is 0 Å². The fourth-order valence-corrected chi connectivity index (χ4v) is 4.66. The summed E-state index contributed by atoms with van der Waals surface area (Å²) in [5, 5.41) is 10.1. The molecule has 8 heteroatoms. The predicted octanol–water partition coefficient (Wildman–Crippen LogP) is 6.47. The second-order valence-electron chi connectivity index (χ2n) is 10.7. The molecular formula is C32H52O8. The number of allylic oxidation sites excluding steroid dienone is 3. The highest BCUT2D eigenvalue weighted by molar-refractivity contribution is 5.85. The van der Waals surface area contributed by atoms with Crippen LogP contribution in [0.4, 0.5) is 0 Å². The SMILES string of the molecule is C/C=C/C(=O)O[C@@H]1[C@@H](C)OC(=O)CC[C@H](O)C(=O)C[C@H]1OC(=O)CCCCCCC/C=C/CCCCCCCC. The van der Waals surface area contributed by atoms with Crippen molar-refractivity contribution < 1.29 is 38.5 Å². The van der Waals surface area contributed by atoms with E-state index in [0.29, 0.717) is 6.42 Å². The van der Waals surface area contributed by atoms with Gasteiger partial charge in [-0.1, -0.05) is 76.5 Å². The molecule has 1 rings (SSSR count). The fourth-order valence-electron chi connectivity index (χ4n) is 4.66. The van der Waals surface area contributed by atoms with Crippen molar-refractivity contribution in [1.29, 1.82) is 0 Å². The topological polar surface area (TPSA) is 116 Å². The minimum atomic E-state index is -1.39. The van der Waals surface area contributed by atoms with Gasteiger partial charge in [0.1, 0.15) is 18.3 Å². The number of esters is 3. The number of carbonyl (C=O) groups excluding carboxylic acids is 4. The average Bonchev–Trinajstić information content (AvgIpc) is 2.91. The number of carbonyl (C=O) groups is 4. The number of hydrogen-bond acceptors (Lipinski definition) is 8. The van der Waals surface area contributed by atoms with Crippen LogP contribution in [0.1, 0.15) is 130 Å². The molecule has 4 atom stereocenters. The zero-order chi connectivity index (χ0) is 29.6. The third-order valence-electron chi connectivity index (χ3n) is 7.02. The van der Waals surface area contributed by atoms with Crippen LogP contribution >= 0.6 is 0 Å². The van der Waals surface area contributed by atoms with Gasteiger partial charge in [0.25, 0.3) is 0 Å². The van der Waals surface area contributed by atoms with E-state index in [0.717, 1.165) is 38.5 Å². The number of ketones is 1. The van der Waals surface area contributed by atoms with E-state index in [1.54, 1.807) is 6.92 Å². The van der Waals surface area contributed by atoms with E-state index < -0.39 is 48.1 Å². The van der Waals surface area contributed by atoms with Crippen molar-refractivity contribution in [2.45, 2.75) is 154 Å². The normalized spacial score (nSPS) is 22.4. The number of aliphatic hydroxyl groups excluding tert-OH is 1. The van der Waals surface area contributed by atoms with Crippen LogP contribution in [0.3, 0.4) is 0 Å². The number of rotatable bonds is 18. The molecule has 1 fully saturated rings. The first kappa shape index (κ1) is 35.5. The minimum Gasteiger partial charge on any atom is -0.459 e. The molecule has 40 heavy (non-hydrogen) atoms. The Kier molecular flexibility index (Phi) is 19.8. The summed E-state index contributed by atoms with van der Waals surface area (Å²) < 4.78 is 16.4. The molecule has 0 spiro atoms. The van der Waals surface area contributed by atoms with Crippen LogP contribution in [0, 0.1) is 0 Å². The van der Waals surface area contributed by atoms with E-state index in [9.17, 15) is 24.3 Å². The molecule has 0 unspecified atom stereocenters. The van der Waals surface area contributed by atoms with Crippen LogP contribution in [-0.2, 0) is 33.4 Å². The Morgan fingerprint density at radius 1 is 0.925 bits per heavy atom. The van der Waals surface area contributed by atoms with E-state index in [-0.39, 0.29) is 25.7 Å². The smallest absolute Gasteiger partial charge is 0.330 e. The number of ether oxygens (including phenoxy) is 3. The van der Waals surface area contributed by atoms with Crippen LogP contribution < -0.4 is 0 Å². The molecule has 1 aliphatic rings. The fraction of sp³-hybridized carbons (Fsp3) is 0.750. The monoisotopic (exact) mass is 564 g/mol. The number of cyclic esters (lactones) is 1. The molecule has 0 aromatic heterocycles. The van der Waals surface area contributed by atoms with Gasteiger partial charge < -0.3 is 19.3 Å². The van der Waals surface area contributed by atoms with Gasteiger partial charge in [-0.2, -0.15) is 0 Å². The highest BCUT2D eigenvalue weighted by atomic mass is 16.6. The Morgan fingerprint density at radius 3 is 2.15 bits per heavy atom. The molecule has 1 heterocycles. The summed E-state index contributed by atoms with van der Waals surface area (Å²) in [6.07, 6.45) is 17.1. The van der Waals surface area contributed by atoms with Crippen molar-refractivity contribution in [3.05, 3.63) is 24.3 Å². The van der Waals surface area contributed by atoms with Crippen molar-refractivity contribution >= 4 is 23.7 Å². The Labute approximate surface area is 240 Å². The van der Waals surface area contributed by atoms with Crippen molar-refractivity contribution in [3.8, 4) is 0 Å². The molecule has 0 bridgehead atoms. The maximum absolute atomic E-state index is 12.6. The Bertz CT molecular complexity index is 803. The maximum atomic E-state index is 12.6. The van der Waals surface area contributed by atoms with E-state index in [4.69, 9.17) is 14.2 Å². The second kappa shape index (κ2) is 22.2. The van der Waals surface area contributed by atoms with Crippen LogP contribution in [0.15, 0.2) is 24.3 Å². The first-order chi connectivity index (χ1) is 19.3. The van der Waals surface area contributed by atoms with Gasteiger partial charge in [-0.25, -0.2) is 4.79 Å². The molecule has 0 saturated carbocycles. The summed E-state index contributed by atoms with van der Waals surface area (Å²) in [6, 6.07) is 0. The van der Waals surface area contributed by atoms with Gasteiger partial charge in [0.15, 0.2) is 11.9 Å². The number of Topliss-reactive ketones (excluding diaryl/α,β-unsaturated/α-hetero) is 1. The summed E-state index contributed by atoms with van der Waals surface area (Å²) in [6.45, 7) is 5.41. The predicted molar refractivity (Wildman–Crippen MR) is 154 cm³/mol. The first-order valence-corrected chi connectivity index (χ1v) is 15.4. The third-order valence-corrected chi connectivity index (χ3v) is 7.02. The molecule has 228 valence electrons. The zero-order valence-electron chi connectivity index (χ0n) is 24.9. The lowest BCUT2D eigenvalue weighted by atomic mass is 9.97. The Morgan fingerprint density at radius 2 is 1.52 bits per heavy atom. The summed E-state index contributed by atoms with van der Waals surface area (Å²) in [4.78, 5) is 49.5. The quantitative estimate of drug-likeness (QED) is 0.0662. The standard InChI is InChI=1S/C32H52O8/c1-4-6-7-8-9-10-11-12-13-14-15-16-17-18-19-21-30(36)39-28-24-27(34)26(33)22-23-31(37)38-25(3)32(28)40-29(35)20-5-2/h5,12-13,20,25-26,28,32-33H,4,6-11,14-19,21-24H2,1-3H3/b13-12+,20-5+/t25-,26+,28-,32-/m1/s1. The molecule has 1 aliphatic heterocycles. The first-order valence-electron chi connectivity index (χ1n) is 15.4. The highest BCUT2D eigenvalue weighted by Crippen LogP contribution is 2.22. The minimum absolute atomic E-state index is 0.0804. The summed E-state index contributed by atoms with van der Waals surface area (Å²) in [5.74, 6) is -2.44. The van der Waals surface area contributed by atoms with Crippen LogP contribution in [0.5, 0.6) is 0 Å². The largest absolute Gasteiger partial charge is 0.459 e. The number of aliphatic hydroxyl groups is 1. The molecule has 8 nitrogen and oxygen atoms in total. The third kappa shape index (κ3) is 16.6. The van der Waals surface area contributed by atoms with Crippen molar-refractivity contribution in [3.63, 3.8) is 0 Å². The molecular weight excluding hydrogens is 512 g/mol. The molecule has 0 amide bonds. The molecule has 0 aromatic carbocycles. The van der Waals surface area contributed by atoms with Crippen molar-refractivity contribution in [1.82, 2.24) is 0 Å². The van der Waals surface area contributed by atoms with Crippen LogP contribution in [0.2, 0.25) is 0 Å². The van der Waals surface area contributed by atoms with Crippen LogP contribution in [-0.4, -0.2) is 53.2 Å². The van der Waals surface area contributed by atoms with Crippen molar-refractivity contribution in [2.75, 3.05) is 0 Å². The average molecular weight is 565 g/mol. The van der Waals surface area contributed by atoms with Crippen molar-refractivity contribution in [2.24, 2.45) is 0 Å². The lowest BCUT2D eigenvalue weighted by molar-refractivity contribution is -0.184. The second-order valence-corrected chi connectivity index (χ2v) is 10.7. The summed E-state index contributed by atoms with van der Waals surface area (Å²) >= 11 is 0. The summed E-state index contributed by atoms with van der Waals surface area (Å²) in [7, 11) is 0. The zero-order valence-corrected chi connectivity index (χ0v) is 24.9. The van der Waals surface area contributed by atoms with Gasteiger partial charge in [-0.05, 0) is 52.4 Å². The van der Waals surface area contributed by atoms with Gasteiger partial charge in [0.05, 0.1) is 0 Å². The van der Waals surface area contributed by atoms with Gasteiger partial charge in [0, 0.05) is 25.3 Å². The Balaban J connectivity index is 2.45. The molecule has 1 N–H and O–H groups in total. The number of unbranched alkanes of at least 4 members (excludes halogenated alkanes) is 11. The van der Waals surface area contributed by atoms with E-state index in [1.165, 1.54) is 57.6 Å². The molecule has 1 saturated heterocycles. The maximum Gasteiger partial charge on any atom is 0.330 e. The molecule has 0 aliphatic carbocycles. The van der Waals surface area contributed by atoms with Gasteiger partial charge in [-0.3, -0.25) is 14.4 Å². The highest BCUT2D eigenvalue weighted by Gasteiger charge is 2.38. The van der Waals surface area contributed by atoms with Gasteiger partial charge in [-0.15, -0.1) is 0 Å². The lowest BCUT2D eigenvalue weighted by Gasteiger charge is -2.31. The van der Waals surface area contributed by atoms with E-state index >= 15 is 0 Å². The number of hydrogen-bond donors (Lipinski definition) is 1. The summed E-state index contributed by atoms with van der Waals surface area (Å²) in [5.41, 5.74) is 0. The lowest BCUT2D eigenvalue weighted by Crippen LogP contribution is -2.46. The van der Waals surface area contributed by atoms with E-state index in [2.05, 4.69) is 19.1 Å². The Hall–Kier alpha value is -2.48. The molecule has 0 radical (unpaired) electrons. The van der Waals surface area contributed by atoms with Gasteiger partial charge >= 0.3 is 17.9 Å². The van der Waals surface area contributed by atoms with Crippen LogP contribution in [0.25, 0.3) is 0 Å².